The van der Waals surface area contributed by atoms with Crippen molar-refractivity contribution in [3.8, 4) is 16.6 Å². The third-order valence-electron chi connectivity index (χ3n) is 5.09. The summed E-state index contributed by atoms with van der Waals surface area (Å²) >= 11 is 1.53. The number of benzene rings is 2. The molecule has 0 fully saturated rings. The summed E-state index contributed by atoms with van der Waals surface area (Å²) in [5.41, 5.74) is 2.73. The highest BCUT2D eigenvalue weighted by Crippen LogP contribution is 2.44. The van der Waals surface area contributed by atoms with Gasteiger partial charge in [0.1, 0.15) is 5.82 Å². The van der Waals surface area contributed by atoms with E-state index >= 15 is 0 Å². The number of nitrogens with zero attached hydrogens (tertiary/aromatic N) is 3. The van der Waals surface area contributed by atoms with Crippen molar-refractivity contribution in [2.75, 3.05) is 19.5 Å². The second-order valence-corrected chi connectivity index (χ2v) is 7.72. The molecular weight excluding hydrogens is 388 g/mol. The van der Waals surface area contributed by atoms with E-state index in [4.69, 9.17) is 9.47 Å². The molecule has 4 aromatic rings. The molecule has 0 aliphatic carbocycles. The Kier molecular flexibility index (Phi) is 4.21. The molecule has 0 radical (unpaired) electrons. The fourth-order valence-electron chi connectivity index (χ4n) is 3.78. The SMILES string of the molecule is COc1cccc([C@H]2CC(=O)Nc3c2cnn3-c2nc3ccccc3s2)c1OC. The number of hydrogen-bond acceptors (Lipinski definition) is 6. The van der Waals surface area contributed by atoms with Gasteiger partial charge in [0.2, 0.25) is 11.0 Å². The number of anilines is 1. The molecule has 2 aromatic carbocycles. The summed E-state index contributed by atoms with van der Waals surface area (Å²) in [5.74, 6) is 1.65. The van der Waals surface area contributed by atoms with Crippen molar-refractivity contribution in [2.45, 2.75) is 12.3 Å². The standard InChI is InChI=1S/C21H18N4O3S/c1-27-16-8-5-6-12(19(16)28-2)13-10-18(26)24-20-14(13)11-22-25(20)21-23-15-7-3-4-9-17(15)29-21/h3-9,11,13H,10H2,1-2H3,(H,24,26)/t13-/m1/s1. The number of ether oxygens (including phenoxy) is 2. The van der Waals surface area contributed by atoms with Gasteiger partial charge in [0.15, 0.2) is 11.5 Å². The number of rotatable bonds is 4. The van der Waals surface area contributed by atoms with Crippen LogP contribution in [0, 0.1) is 0 Å². The van der Waals surface area contributed by atoms with Crippen LogP contribution in [0.2, 0.25) is 0 Å². The quantitative estimate of drug-likeness (QED) is 0.555. The molecule has 1 atom stereocenters. The minimum atomic E-state index is -0.188. The Morgan fingerprint density at radius 3 is 2.76 bits per heavy atom. The molecule has 8 heteroatoms. The van der Waals surface area contributed by atoms with Crippen LogP contribution in [0.1, 0.15) is 23.5 Å². The van der Waals surface area contributed by atoms with Crippen LogP contribution in [0.25, 0.3) is 15.3 Å². The Balaban J connectivity index is 1.65. The maximum Gasteiger partial charge on any atom is 0.226 e. The molecule has 146 valence electrons. The normalized spacial score (nSPS) is 15.8. The van der Waals surface area contributed by atoms with E-state index in [-0.39, 0.29) is 11.8 Å². The summed E-state index contributed by atoms with van der Waals surface area (Å²) in [6.07, 6.45) is 2.10. The van der Waals surface area contributed by atoms with Gasteiger partial charge in [0.05, 0.1) is 30.6 Å². The van der Waals surface area contributed by atoms with E-state index < -0.39 is 0 Å². The van der Waals surface area contributed by atoms with Crippen LogP contribution in [-0.4, -0.2) is 34.9 Å². The summed E-state index contributed by atoms with van der Waals surface area (Å²) in [6.45, 7) is 0. The number of fused-ring (bicyclic) bond motifs is 2. The zero-order valence-electron chi connectivity index (χ0n) is 15.9. The molecule has 0 bridgehead atoms. The number of aromatic nitrogens is 3. The first kappa shape index (κ1) is 17.7. The number of carbonyl (C=O) groups is 1. The largest absolute Gasteiger partial charge is 0.493 e. The maximum atomic E-state index is 12.6. The predicted octanol–water partition coefficient (Wildman–Crippen LogP) is 3.97. The highest BCUT2D eigenvalue weighted by Gasteiger charge is 2.33. The predicted molar refractivity (Wildman–Crippen MR) is 111 cm³/mol. The van der Waals surface area contributed by atoms with Crippen molar-refractivity contribution in [1.29, 1.82) is 0 Å². The van der Waals surface area contributed by atoms with E-state index in [1.54, 1.807) is 25.1 Å². The number of carbonyl (C=O) groups excluding carboxylic acids is 1. The van der Waals surface area contributed by atoms with E-state index in [2.05, 4.69) is 15.4 Å². The lowest BCUT2D eigenvalue weighted by molar-refractivity contribution is -0.116. The lowest BCUT2D eigenvalue weighted by Crippen LogP contribution is -2.24. The van der Waals surface area contributed by atoms with E-state index in [0.717, 1.165) is 21.3 Å². The van der Waals surface area contributed by atoms with Crippen molar-refractivity contribution >= 4 is 33.3 Å². The van der Waals surface area contributed by atoms with Crippen molar-refractivity contribution in [3.63, 3.8) is 0 Å². The molecule has 0 unspecified atom stereocenters. The van der Waals surface area contributed by atoms with Gasteiger partial charge in [-0.1, -0.05) is 35.6 Å². The van der Waals surface area contributed by atoms with Crippen molar-refractivity contribution in [1.82, 2.24) is 14.8 Å². The van der Waals surface area contributed by atoms with Gasteiger partial charge in [-0.2, -0.15) is 9.78 Å². The molecule has 1 N–H and O–H groups in total. The van der Waals surface area contributed by atoms with Crippen LogP contribution in [-0.2, 0) is 4.79 Å². The first-order chi connectivity index (χ1) is 14.2. The third-order valence-corrected chi connectivity index (χ3v) is 6.10. The fraction of sp³-hybridized carbons (Fsp3) is 0.190. The molecule has 1 aliphatic heterocycles. The summed E-state index contributed by atoms with van der Waals surface area (Å²) in [6, 6.07) is 13.6. The zero-order valence-corrected chi connectivity index (χ0v) is 16.7. The first-order valence-electron chi connectivity index (χ1n) is 9.14. The first-order valence-corrected chi connectivity index (χ1v) is 9.96. The van der Waals surface area contributed by atoms with Gasteiger partial charge in [0, 0.05) is 23.5 Å². The van der Waals surface area contributed by atoms with Gasteiger partial charge in [-0.3, -0.25) is 4.79 Å². The molecule has 7 nitrogen and oxygen atoms in total. The lowest BCUT2D eigenvalue weighted by atomic mass is 9.86. The van der Waals surface area contributed by atoms with Crippen LogP contribution in [0.3, 0.4) is 0 Å². The summed E-state index contributed by atoms with van der Waals surface area (Å²) < 4.78 is 13.8. The summed E-state index contributed by atoms with van der Waals surface area (Å²) in [5, 5.41) is 8.24. The molecule has 3 heterocycles. The zero-order chi connectivity index (χ0) is 20.0. The Morgan fingerprint density at radius 1 is 1.10 bits per heavy atom. The number of methoxy groups -OCH3 is 2. The Morgan fingerprint density at radius 2 is 1.97 bits per heavy atom. The average molecular weight is 406 g/mol. The molecule has 1 aliphatic rings. The molecule has 2 aromatic heterocycles. The number of thiazole rings is 1. The highest BCUT2D eigenvalue weighted by molar-refractivity contribution is 7.20. The molecule has 29 heavy (non-hydrogen) atoms. The van der Waals surface area contributed by atoms with Crippen molar-refractivity contribution < 1.29 is 14.3 Å². The van der Waals surface area contributed by atoms with Crippen LogP contribution >= 0.6 is 11.3 Å². The Bertz CT molecular complexity index is 1200. The smallest absolute Gasteiger partial charge is 0.226 e. The maximum absolute atomic E-state index is 12.6. The van der Waals surface area contributed by atoms with Crippen molar-refractivity contribution in [3.05, 3.63) is 59.8 Å². The number of para-hydroxylation sites is 2. The van der Waals surface area contributed by atoms with Gasteiger partial charge in [0.25, 0.3) is 0 Å². The van der Waals surface area contributed by atoms with E-state index in [9.17, 15) is 4.79 Å². The average Bonchev–Trinajstić information content (AvgIpc) is 3.36. The van der Waals surface area contributed by atoms with Gasteiger partial charge in [-0.15, -0.1) is 0 Å². The van der Waals surface area contributed by atoms with Gasteiger partial charge in [-0.25, -0.2) is 4.98 Å². The van der Waals surface area contributed by atoms with Crippen molar-refractivity contribution in [2.24, 2.45) is 0 Å². The Labute approximate surface area is 170 Å². The number of hydrogen-bond donors (Lipinski definition) is 1. The topological polar surface area (TPSA) is 78.3 Å². The minimum absolute atomic E-state index is 0.0739. The molecule has 0 saturated heterocycles. The monoisotopic (exact) mass is 406 g/mol. The fourth-order valence-corrected chi connectivity index (χ4v) is 4.71. The van der Waals surface area contributed by atoms with Crippen LogP contribution in [0.15, 0.2) is 48.7 Å². The number of amides is 1. The van der Waals surface area contributed by atoms with Gasteiger partial charge < -0.3 is 14.8 Å². The molecule has 0 spiro atoms. The summed E-state index contributed by atoms with van der Waals surface area (Å²) in [4.78, 5) is 17.2. The lowest BCUT2D eigenvalue weighted by Gasteiger charge is -2.25. The van der Waals surface area contributed by atoms with Gasteiger partial charge in [-0.05, 0) is 18.2 Å². The van der Waals surface area contributed by atoms with E-state index in [1.165, 1.54) is 11.3 Å². The highest BCUT2D eigenvalue weighted by atomic mass is 32.1. The summed E-state index contributed by atoms with van der Waals surface area (Å²) in [7, 11) is 3.21. The third kappa shape index (κ3) is 2.84. The Hall–Kier alpha value is -3.39. The second-order valence-electron chi connectivity index (χ2n) is 6.71. The van der Waals surface area contributed by atoms with Crippen LogP contribution in [0.5, 0.6) is 11.5 Å². The molecule has 0 saturated carbocycles. The van der Waals surface area contributed by atoms with Crippen LogP contribution in [0.4, 0.5) is 5.82 Å². The van der Waals surface area contributed by atoms with E-state index in [1.807, 2.05) is 42.5 Å². The van der Waals surface area contributed by atoms with Gasteiger partial charge >= 0.3 is 0 Å². The molecule has 1 amide bonds. The second kappa shape index (κ2) is 6.89. The molecular formula is C21H18N4O3S. The minimum Gasteiger partial charge on any atom is -0.493 e. The molecule has 5 rings (SSSR count). The van der Waals surface area contributed by atoms with Crippen LogP contribution < -0.4 is 14.8 Å². The number of nitrogens with one attached hydrogen (secondary N) is 1. The van der Waals surface area contributed by atoms with E-state index in [0.29, 0.717) is 28.9 Å².